The van der Waals surface area contributed by atoms with Gasteiger partial charge in [-0.15, -0.1) is 0 Å². The Morgan fingerprint density at radius 2 is 1.02 bits per heavy atom. The summed E-state index contributed by atoms with van der Waals surface area (Å²) in [5.74, 6) is 1.79. The number of benzene rings is 9. The van der Waals surface area contributed by atoms with Crippen LogP contribution in [0.25, 0.3) is 99.9 Å². The smallest absolute Gasteiger partial charge is 0.164 e. The SMILES string of the molecule is c1ccc(-c2ccc3c4c(cccc24)-c2c(-c4nc(-c5ccc6ccccc6c5)nc(-c5cccc6oc7ccccc7c56)n4)cccc2N3c2ccccc2)cc1. The van der Waals surface area contributed by atoms with Crippen molar-refractivity contribution in [3.05, 3.63) is 194 Å². The van der Waals surface area contributed by atoms with Gasteiger partial charge in [0.2, 0.25) is 0 Å². The van der Waals surface area contributed by atoms with Crippen LogP contribution in [-0.2, 0) is 0 Å². The Labute approximate surface area is 334 Å². The van der Waals surface area contributed by atoms with Crippen LogP contribution in [-0.4, -0.2) is 15.0 Å². The van der Waals surface area contributed by atoms with Crippen molar-refractivity contribution in [1.82, 2.24) is 15.0 Å². The lowest BCUT2D eigenvalue weighted by atomic mass is 9.85. The molecule has 1 aliphatic heterocycles. The number of aromatic nitrogens is 3. The normalized spacial score (nSPS) is 12.1. The fraction of sp³-hybridized carbons (Fsp3) is 0. The van der Waals surface area contributed by atoms with Crippen LogP contribution in [0, 0.1) is 0 Å². The van der Waals surface area contributed by atoms with Crippen molar-refractivity contribution in [2.24, 2.45) is 0 Å². The zero-order valence-electron chi connectivity index (χ0n) is 31.2. The summed E-state index contributed by atoms with van der Waals surface area (Å²) in [6.07, 6.45) is 0. The molecule has 5 heteroatoms. The van der Waals surface area contributed by atoms with Crippen molar-refractivity contribution < 1.29 is 4.42 Å². The third-order valence-electron chi connectivity index (χ3n) is 11.4. The molecule has 0 fully saturated rings. The van der Waals surface area contributed by atoms with Crippen LogP contribution in [0.5, 0.6) is 0 Å². The fourth-order valence-corrected chi connectivity index (χ4v) is 8.87. The Balaban J connectivity index is 1.16. The summed E-state index contributed by atoms with van der Waals surface area (Å²) in [5, 5.41) is 6.67. The first kappa shape index (κ1) is 32.4. The van der Waals surface area contributed by atoms with Gasteiger partial charge in [-0.25, -0.2) is 15.0 Å². The molecule has 12 rings (SSSR count). The minimum Gasteiger partial charge on any atom is -0.456 e. The van der Waals surface area contributed by atoms with Crippen LogP contribution >= 0.6 is 0 Å². The second-order valence-electron chi connectivity index (χ2n) is 14.7. The zero-order valence-corrected chi connectivity index (χ0v) is 31.2. The van der Waals surface area contributed by atoms with Crippen LogP contribution in [0.3, 0.4) is 0 Å². The van der Waals surface area contributed by atoms with E-state index in [0.29, 0.717) is 17.5 Å². The van der Waals surface area contributed by atoms with Crippen LogP contribution < -0.4 is 4.90 Å². The number of nitrogens with zero attached hydrogens (tertiary/aromatic N) is 4. The van der Waals surface area contributed by atoms with E-state index in [2.05, 4.69) is 169 Å². The quantitative estimate of drug-likeness (QED) is 0.176. The van der Waals surface area contributed by atoms with E-state index in [4.69, 9.17) is 19.4 Å². The van der Waals surface area contributed by atoms with E-state index in [9.17, 15) is 0 Å². The number of rotatable bonds is 5. The number of fused-ring (bicyclic) bond motifs is 6. The third-order valence-corrected chi connectivity index (χ3v) is 11.4. The molecule has 1 aliphatic rings. The molecule has 0 aliphatic carbocycles. The lowest BCUT2D eigenvalue weighted by Crippen LogP contribution is -2.16. The summed E-state index contributed by atoms with van der Waals surface area (Å²) < 4.78 is 6.35. The monoisotopic (exact) mass is 740 g/mol. The highest BCUT2D eigenvalue weighted by Gasteiger charge is 2.30. The minimum absolute atomic E-state index is 0.587. The molecule has 2 aromatic heterocycles. The first-order chi connectivity index (χ1) is 28.8. The Bertz CT molecular complexity index is 3410. The standard InChI is InChI=1S/C53H32N4O/c1-3-15-34(16-4-1)38-30-31-45-48-39(38)21-11-22-41(48)49-42(23-12-25-44(49)57(45)37-18-5-2-6-19-37)52-54-51(36-29-28-33-14-7-8-17-35(33)32-36)55-53(56-52)43-24-13-27-47-50(43)40-20-9-10-26-46(40)58-47/h1-32H. The van der Waals surface area contributed by atoms with Crippen LogP contribution in [0.15, 0.2) is 199 Å². The van der Waals surface area contributed by atoms with E-state index in [1.54, 1.807) is 0 Å². The highest BCUT2D eigenvalue weighted by atomic mass is 16.3. The number of para-hydroxylation sites is 2. The number of hydrogen-bond donors (Lipinski definition) is 0. The van der Waals surface area contributed by atoms with Crippen molar-refractivity contribution >= 4 is 60.5 Å². The topological polar surface area (TPSA) is 55.1 Å². The molecule has 0 unspecified atom stereocenters. The van der Waals surface area contributed by atoms with Gasteiger partial charge in [-0.2, -0.15) is 0 Å². The molecule has 0 radical (unpaired) electrons. The second-order valence-corrected chi connectivity index (χ2v) is 14.7. The molecule has 0 amide bonds. The van der Waals surface area contributed by atoms with Gasteiger partial charge in [-0.1, -0.05) is 152 Å². The zero-order chi connectivity index (χ0) is 38.2. The maximum Gasteiger partial charge on any atom is 0.164 e. The molecule has 0 N–H and O–H groups in total. The van der Waals surface area contributed by atoms with Gasteiger partial charge in [0.15, 0.2) is 17.5 Å². The molecule has 0 saturated heterocycles. The van der Waals surface area contributed by atoms with E-state index < -0.39 is 0 Å². The highest BCUT2D eigenvalue weighted by molar-refractivity contribution is 6.19. The Hall–Kier alpha value is -7.89. The molecule has 3 heterocycles. The first-order valence-electron chi connectivity index (χ1n) is 19.5. The van der Waals surface area contributed by atoms with E-state index in [-0.39, 0.29) is 0 Å². The summed E-state index contributed by atoms with van der Waals surface area (Å²) in [6.45, 7) is 0. The second kappa shape index (κ2) is 12.8. The van der Waals surface area contributed by atoms with Gasteiger partial charge >= 0.3 is 0 Å². The van der Waals surface area contributed by atoms with Crippen molar-refractivity contribution in [2.45, 2.75) is 0 Å². The van der Waals surface area contributed by atoms with Crippen molar-refractivity contribution in [3.8, 4) is 56.4 Å². The third kappa shape index (κ3) is 5.00. The predicted octanol–water partition coefficient (Wildman–Crippen LogP) is 14.2. The number of hydrogen-bond acceptors (Lipinski definition) is 5. The molecule has 0 saturated carbocycles. The molecular formula is C53H32N4O. The average molecular weight is 741 g/mol. The van der Waals surface area contributed by atoms with Gasteiger partial charge in [0.05, 0.1) is 11.4 Å². The van der Waals surface area contributed by atoms with Crippen LogP contribution in [0.2, 0.25) is 0 Å². The van der Waals surface area contributed by atoms with Gasteiger partial charge < -0.3 is 9.32 Å². The van der Waals surface area contributed by atoms with E-state index >= 15 is 0 Å². The molecule has 0 bridgehead atoms. The minimum atomic E-state index is 0.587. The predicted molar refractivity (Wildman–Crippen MR) is 238 cm³/mol. The van der Waals surface area contributed by atoms with Gasteiger partial charge in [-0.05, 0) is 75.3 Å². The van der Waals surface area contributed by atoms with E-state index in [1.165, 1.54) is 21.9 Å². The molecule has 270 valence electrons. The van der Waals surface area contributed by atoms with Gasteiger partial charge in [0.25, 0.3) is 0 Å². The molecule has 9 aromatic carbocycles. The van der Waals surface area contributed by atoms with Crippen molar-refractivity contribution in [3.63, 3.8) is 0 Å². The lowest BCUT2D eigenvalue weighted by molar-refractivity contribution is 0.669. The van der Waals surface area contributed by atoms with Gasteiger partial charge in [0, 0.05) is 44.1 Å². The first-order valence-corrected chi connectivity index (χ1v) is 19.5. The van der Waals surface area contributed by atoms with E-state index in [1.807, 2.05) is 30.3 Å². The summed E-state index contributed by atoms with van der Waals surface area (Å²) >= 11 is 0. The molecule has 5 nitrogen and oxygen atoms in total. The summed E-state index contributed by atoms with van der Waals surface area (Å²) in [7, 11) is 0. The highest BCUT2D eigenvalue weighted by Crippen LogP contribution is 2.54. The molecule has 0 spiro atoms. The van der Waals surface area contributed by atoms with Crippen molar-refractivity contribution in [1.29, 1.82) is 0 Å². The van der Waals surface area contributed by atoms with Crippen molar-refractivity contribution in [2.75, 3.05) is 4.90 Å². The Morgan fingerprint density at radius 1 is 0.362 bits per heavy atom. The Morgan fingerprint density at radius 3 is 1.90 bits per heavy atom. The molecular weight excluding hydrogens is 709 g/mol. The summed E-state index contributed by atoms with van der Waals surface area (Å²) in [6, 6.07) is 68.1. The number of furan rings is 1. The number of anilines is 3. The van der Waals surface area contributed by atoms with Gasteiger partial charge in [0.1, 0.15) is 11.2 Å². The molecule has 0 atom stereocenters. The van der Waals surface area contributed by atoms with Crippen LogP contribution in [0.4, 0.5) is 17.1 Å². The largest absolute Gasteiger partial charge is 0.456 e. The Kier molecular flexibility index (Phi) is 7.16. The maximum atomic E-state index is 6.35. The average Bonchev–Trinajstić information content (AvgIpc) is 3.68. The fourth-order valence-electron chi connectivity index (χ4n) is 8.87. The van der Waals surface area contributed by atoms with E-state index in [0.717, 1.165) is 77.6 Å². The summed E-state index contributed by atoms with van der Waals surface area (Å²) in [4.78, 5) is 18.4. The van der Waals surface area contributed by atoms with Crippen LogP contribution in [0.1, 0.15) is 0 Å². The molecule has 11 aromatic rings. The lowest BCUT2D eigenvalue weighted by Gasteiger charge is -2.35. The summed E-state index contributed by atoms with van der Waals surface area (Å²) in [5.41, 5.74) is 12.2. The molecule has 58 heavy (non-hydrogen) atoms. The van der Waals surface area contributed by atoms with Gasteiger partial charge in [-0.3, -0.25) is 0 Å². The maximum absolute atomic E-state index is 6.35.